The standard InChI is InChI=1S/C12H14FNO/c13-10-4-3-9-7-14-5-6-15-12(9)11(10)8-1-2-8/h3-4,8,14H,1-2,5-7H2. The third-order valence-electron chi connectivity index (χ3n) is 3.05. The molecule has 1 heterocycles. The number of hydrogen-bond donors (Lipinski definition) is 1. The lowest BCUT2D eigenvalue weighted by Gasteiger charge is -2.12. The second-order valence-electron chi connectivity index (χ2n) is 4.25. The monoisotopic (exact) mass is 207 g/mol. The molecule has 1 aromatic carbocycles. The quantitative estimate of drug-likeness (QED) is 0.762. The zero-order valence-electron chi connectivity index (χ0n) is 8.55. The molecule has 80 valence electrons. The summed E-state index contributed by atoms with van der Waals surface area (Å²) in [6.07, 6.45) is 2.20. The van der Waals surface area contributed by atoms with Crippen molar-refractivity contribution >= 4 is 0 Å². The van der Waals surface area contributed by atoms with Gasteiger partial charge in [0.1, 0.15) is 18.2 Å². The second-order valence-corrected chi connectivity index (χ2v) is 4.25. The first-order valence-corrected chi connectivity index (χ1v) is 5.51. The van der Waals surface area contributed by atoms with Crippen molar-refractivity contribution in [2.24, 2.45) is 0 Å². The molecule has 3 heteroatoms. The number of rotatable bonds is 1. The highest BCUT2D eigenvalue weighted by Gasteiger charge is 2.31. The molecule has 0 radical (unpaired) electrons. The average molecular weight is 207 g/mol. The minimum atomic E-state index is -0.0989. The Morgan fingerprint density at radius 3 is 3.00 bits per heavy atom. The summed E-state index contributed by atoms with van der Waals surface area (Å²) in [5.41, 5.74) is 1.91. The maximum Gasteiger partial charge on any atom is 0.130 e. The highest BCUT2D eigenvalue weighted by molar-refractivity contribution is 5.46. The minimum Gasteiger partial charge on any atom is -0.492 e. The fourth-order valence-corrected chi connectivity index (χ4v) is 2.13. The maximum absolute atomic E-state index is 13.7. The molecule has 0 aromatic heterocycles. The molecule has 0 amide bonds. The van der Waals surface area contributed by atoms with Crippen LogP contribution in [0.3, 0.4) is 0 Å². The first-order chi connectivity index (χ1) is 7.36. The van der Waals surface area contributed by atoms with Crippen LogP contribution in [0.2, 0.25) is 0 Å². The van der Waals surface area contributed by atoms with Crippen LogP contribution in [0.15, 0.2) is 12.1 Å². The van der Waals surface area contributed by atoms with E-state index in [1.165, 1.54) is 0 Å². The van der Waals surface area contributed by atoms with Crippen molar-refractivity contribution in [3.8, 4) is 5.75 Å². The van der Waals surface area contributed by atoms with E-state index in [2.05, 4.69) is 5.32 Å². The van der Waals surface area contributed by atoms with Gasteiger partial charge in [-0.1, -0.05) is 6.07 Å². The van der Waals surface area contributed by atoms with E-state index in [4.69, 9.17) is 4.74 Å². The van der Waals surface area contributed by atoms with Crippen molar-refractivity contribution < 1.29 is 9.13 Å². The van der Waals surface area contributed by atoms with E-state index in [0.29, 0.717) is 12.5 Å². The number of halogens is 1. The Morgan fingerprint density at radius 2 is 2.20 bits per heavy atom. The van der Waals surface area contributed by atoms with Gasteiger partial charge in [-0.15, -0.1) is 0 Å². The zero-order chi connectivity index (χ0) is 10.3. The Balaban J connectivity index is 2.10. The van der Waals surface area contributed by atoms with Gasteiger partial charge in [0.15, 0.2) is 0 Å². The van der Waals surface area contributed by atoms with E-state index in [1.807, 2.05) is 6.07 Å². The summed E-state index contributed by atoms with van der Waals surface area (Å²) in [6.45, 7) is 2.26. The molecular formula is C12H14FNO. The van der Waals surface area contributed by atoms with E-state index in [-0.39, 0.29) is 5.82 Å². The fraction of sp³-hybridized carbons (Fsp3) is 0.500. The van der Waals surface area contributed by atoms with E-state index in [9.17, 15) is 4.39 Å². The van der Waals surface area contributed by atoms with Gasteiger partial charge in [0, 0.05) is 24.2 Å². The first-order valence-electron chi connectivity index (χ1n) is 5.51. The van der Waals surface area contributed by atoms with Crippen molar-refractivity contribution in [1.82, 2.24) is 5.32 Å². The van der Waals surface area contributed by atoms with Crippen LogP contribution in [0, 0.1) is 5.82 Å². The Kier molecular flexibility index (Phi) is 2.13. The summed E-state index contributed by atoms with van der Waals surface area (Å²) in [7, 11) is 0. The molecular weight excluding hydrogens is 193 g/mol. The van der Waals surface area contributed by atoms with Crippen molar-refractivity contribution in [3.05, 3.63) is 29.1 Å². The van der Waals surface area contributed by atoms with Gasteiger partial charge < -0.3 is 10.1 Å². The van der Waals surface area contributed by atoms with Gasteiger partial charge in [0.05, 0.1) is 0 Å². The van der Waals surface area contributed by atoms with Gasteiger partial charge in [-0.05, 0) is 24.8 Å². The molecule has 1 fully saturated rings. The zero-order valence-corrected chi connectivity index (χ0v) is 8.55. The Morgan fingerprint density at radius 1 is 1.33 bits per heavy atom. The van der Waals surface area contributed by atoms with Crippen LogP contribution in [0.25, 0.3) is 0 Å². The third kappa shape index (κ3) is 1.61. The van der Waals surface area contributed by atoms with Crippen molar-refractivity contribution in [3.63, 3.8) is 0 Å². The van der Waals surface area contributed by atoms with Gasteiger partial charge in [-0.25, -0.2) is 4.39 Å². The van der Waals surface area contributed by atoms with Crippen LogP contribution in [0.4, 0.5) is 4.39 Å². The molecule has 0 saturated heterocycles. The molecule has 1 aliphatic heterocycles. The first kappa shape index (κ1) is 9.16. The predicted molar refractivity (Wildman–Crippen MR) is 55.6 cm³/mol. The van der Waals surface area contributed by atoms with Crippen LogP contribution in [-0.4, -0.2) is 13.2 Å². The molecule has 0 unspecified atom stereocenters. The Hall–Kier alpha value is -1.09. The summed E-state index contributed by atoms with van der Waals surface area (Å²) in [6, 6.07) is 3.40. The second kappa shape index (κ2) is 3.49. The lowest BCUT2D eigenvalue weighted by molar-refractivity contribution is 0.320. The summed E-state index contributed by atoms with van der Waals surface area (Å²) in [5.74, 6) is 1.11. The fourth-order valence-electron chi connectivity index (χ4n) is 2.13. The molecule has 3 rings (SSSR count). The highest BCUT2D eigenvalue weighted by atomic mass is 19.1. The topological polar surface area (TPSA) is 21.3 Å². The summed E-state index contributed by atoms with van der Waals surface area (Å²) in [5, 5.41) is 3.26. The van der Waals surface area contributed by atoms with Crippen molar-refractivity contribution in [2.75, 3.05) is 13.2 Å². The molecule has 2 nitrogen and oxygen atoms in total. The largest absolute Gasteiger partial charge is 0.492 e. The van der Waals surface area contributed by atoms with Gasteiger partial charge >= 0.3 is 0 Å². The van der Waals surface area contributed by atoms with Crippen molar-refractivity contribution in [1.29, 1.82) is 0 Å². The molecule has 0 atom stereocenters. The van der Waals surface area contributed by atoms with E-state index in [1.54, 1.807) is 6.07 Å². The molecule has 1 N–H and O–H groups in total. The number of benzene rings is 1. The molecule has 1 aromatic rings. The Bertz CT molecular complexity index is 387. The number of hydrogen-bond acceptors (Lipinski definition) is 2. The number of ether oxygens (including phenoxy) is 1. The molecule has 1 aliphatic carbocycles. The smallest absolute Gasteiger partial charge is 0.130 e. The minimum absolute atomic E-state index is 0.0989. The highest BCUT2D eigenvalue weighted by Crippen LogP contribution is 2.46. The third-order valence-corrected chi connectivity index (χ3v) is 3.05. The SMILES string of the molecule is Fc1ccc2c(c1C1CC1)OCCNC2. The normalized spacial score (nSPS) is 20.3. The van der Waals surface area contributed by atoms with Crippen LogP contribution >= 0.6 is 0 Å². The van der Waals surface area contributed by atoms with E-state index < -0.39 is 0 Å². The van der Waals surface area contributed by atoms with Crippen LogP contribution < -0.4 is 10.1 Å². The molecule has 0 spiro atoms. The summed E-state index contributed by atoms with van der Waals surface area (Å²) < 4.78 is 19.4. The van der Waals surface area contributed by atoms with Gasteiger partial charge in [0.2, 0.25) is 0 Å². The van der Waals surface area contributed by atoms with Gasteiger partial charge in [-0.3, -0.25) is 0 Å². The van der Waals surface area contributed by atoms with Crippen molar-refractivity contribution in [2.45, 2.75) is 25.3 Å². The summed E-state index contributed by atoms with van der Waals surface area (Å²) in [4.78, 5) is 0. The lowest BCUT2D eigenvalue weighted by Crippen LogP contribution is -2.16. The Labute approximate surface area is 88.4 Å². The molecule has 2 aliphatic rings. The van der Waals surface area contributed by atoms with Crippen LogP contribution in [0.1, 0.15) is 29.9 Å². The van der Waals surface area contributed by atoms with Crippen LogP contribution in [-0.2, 0) is 6.54 Å². The molecule has 15 heavy (non-hydrogen) atoms. The molecule has 0 bridgehead atoms. The number of nitrogens with one attached hydrogen (secondary N) is 1. The van der Waals surface area contributed by atoms with Gasteiger partial charge in [0.25, 0.3) is 0 Å². The lowest BCUT2D eigenvalue weighted by atomic mass is 10.0. The van der Waals surface area contributed by atoms with Crippen LogP contribution in [0.5, 0.6) is 5.75 Å². The van der Waals surface area contributed by atoms with E-state index >= 15 is 0 Å². The average Bonchev–Trinajstić information content (AvgIpc) is 3.02. The van der Waals surface area contributed by atoms with E-state index in [0.717, 1.165) is 42.8 Å². The predicted octanol–water partition coefficient (Wildman–Crippen LogP) is 2.19. The van der Waals surface area contributed by atoms with Gasteiger partial charge in [-0.2, -0.15) is 0 Å². The molecule has 1 saturated carbocycles. The summed E-state index contributed by atoms with van der Waals surface area (Å²) >= 11 is 0. The maximum atomic E-state index is 13.7. The number of fused-ring (bicyclic) bond motifs is 1.